The Bertz CT molecular complexity index is 297. The summed E-state index contributed by atoms with van der Waals surface area (Å²) in [6, 6.07) is 0. The van der Waals surface area contributed by atoms with Gasteiger partial charge in [-0.15, -0.1) is 0 Å². The van der Waals surface area contributed by atoms with Crippen molar-refractivity contribution >= 4 is 0 Å². The second-order valence-electron chi connectivity index (χ2n) is 8.06. The Morgan fingerprint density at radius 1 is 0.708 bits per heavy atom. The van der Waals surface area contributed by atoms with Gasteiger partial charge in [0.15, 0.2) is 0 Å². The average molecular weight is 341 g/mol. The standard InChI is InChI=1S/2C7H14O.C7H12O/c3*1-6-3-4-7(2)8-5-6/h2*6-7H,3-5H2,1-2H3;3,7H,4-5H2,1-2H3. The summed E-state index contributed by atoms with van der Waals surface area (Å²) in [5.41, 5.74) is 1.36. The number of rotatable bonds is 0. The first-order valence-corrected chi connectivity index (χ1v) is 9.87. The molecular weight excluding hydrogens is 300 g/mol. The van der Waals surface area contributed by atoms with Crippen molar-refractivity contribution in [1.82, 2.24) is 0 Å². The minimum absolute atomic E-state index is 0.443. The molecule has 0 amide bonds. The monoisotopic (exact) mass is 340 g/mol. The van der Waals surface area contributed by atoms with Gasteiger partial charge in [-0.2, -0.15) is 0 Å². The molecule has 24 heavy (non-hydrogen) atoms. The molecule has 3 rings (SSSR count). The van der Waals surface area contributed by atoms with Gasteiger partial charge in [-0.3, -0.25) is 0 Å². The average Bonchev–Trinajstić information content (AvgIpc) is 2.57. The van der Waals surface area contributed by atoms with Gasteiger partial charge in [0.05, 0.1) is 24.9 Å². The first-order chi connectivity index (χ1) is 11.4. The van der Waals surface area contributed by atoms with Crippen molar-refractivity contribution in [3.05, 3.63) is 11.6 Å². The van der Waals surface area contributed by atoms with E-state index in [9.17, 15) is 0 Å². The smallest absolute Gasteiger partial charge is 0.0677 e. The Morgan fingerprint density at radius 2 is 1.21 bits per heavy atom. The van der Waals surface area contributed by atoms with Crippen molar-refractivity contribution < 1.29 is 14.2 Å². The molecule has 0 aromatic carbocycles. The van der Waals surface area contributed by atoms with Gasteiger partial charge in [-0.25, -0.2) is 0 Å². The summed E-state index contributed by atoms with van der Waals surface area (Å²) in [6.45, 7) is 15.8. The molecule has 3 aliphatic heterocycles. The molecule has 0 aromatic rings. The highest BCUT2D eigenvalue weighted by molar-refractivity contribution is 5.01. The summed E-state index contributed by atoms with van der Waals surface area (Å²) >= 11 is 0. The summed E-state index contributed by atoms with van der Waals surface area (Å²) in [5, 5.41) is 0. The Hall–Kier alpha value is -0.380. The van der Waals surface area contributed by atoms with Crippen LogP contribution in [0.2, 0.25) is 0 Å². The van der Waals surface area contributed by atoms with Crippen molar-refractivity contribution in [2.24, 2.45) is 11.8 Å². The molecule has 0 aromatic heterocycles. The number of hydrogen-bond acceptors (Lipinski definition) is 3. The predicted molar refractivity (Wildman–Crippen MR) is 101 cm³/mol. The van der Waals surface area contributed by atoms with E-state index in [-0.39, 0.29) is 0 Å². The van der Waals surface area contributed by atoms with E-state index in [1.165, 1.54) is 31.3 Å². The maximum absolute atomic E-state index is 5.39. The summed E-state index contributed by atoms with van der Waals surface area (Å²) in [4.78, 5) is 0. The molecule has 0 radical (unpaired) electrons. The quantitative estimate of drug-likeness (QED) is 0.554. The van der Waals surface area contributed by atoms with Crippen molar-refractivity contribution in [2.45, 2.75) is 92.0 Å². The lowest BCUT2D eigenvalue weighted by atomic mass is 10.0. The fraction of sp³-hybridized carbons (Fsp3) is 0.905. The van der Waals surface area contributed by atoms with Crippen molar-refractivity contribution in [3.8, 4) is 0 Å². The van der Waals surface area contributed by atoms with Crippen LogP contribution in [-0.4, -0.2) is 38.1 Å². The zero-order chi connectivity index (χ0) is 17.9. The zero-order valence-corrected chi connectivity index (χ0v) is 16.8. The molecule has 142 valence electrons. The van der Waals surface area contributed by atoms with E-state index in [1.54, 1.807) is 0 Å². The largest absolute Gasteiger partial charge is 0.378 e. The lowest BCUT2D eigenvalue weighted by molar-refractivity contribution is 0.000174. The zero-order valence-electron chi connectivity index (χ0n) is 16.8. The minimum Gasteiger partial charge on any atom is -0.378 e. The molecule has 3 heteroatoms. The molecular formula is C21H40O3. The van der Waals surface area contributed by atoms with Gasteiger partial charge >= 0.3 is 0 Å². The highest BCUT2D eigenvalue weighted by Crippen LogP contribution is 2.17. The van der Waals surface area contributed by atoms with Crippen molar-refractivity contribution in [1.29, 1.82) is 0 Å². The second-order valence-corrected chi connectivity index (χ2v) is 8.06. The minimum atomic E-state index is 0.443. The SMILES string of the molecule is CC1=CCC(C)OC1.CC1CCC(C)OC1.CC1CCC(C)OC1. The maximum Gasteiger partial charge on any atom is 0.0677 e. The lowest BCUT2D eigenvalue weighted by Gasteiger charge is -2.23. The molecule has 5 atom stereocenters. The Labute approximate surface area is 150 Å². The van der Waals surface area contributed by atoms with Gasteiger partial charge in [0.2, 0.25) is 0 Å². The molecule has 0 aliphatic carbocycles. The highest BCUT2D eigenvalue weighted by Gasteiger charge is 2.14. The Balaban J connectivity index is 0.000000180. The molecule has 0 spiro atoms. The molecule has 2 saturated heterocycles. The first-order valence-electron chi connectivity index (χ1n) is 9.87. The molecule has 0 saturated carbocycles. The third-order valence-electron chi connectivity index (χ3n) is 4.86. The Morgan fingerprint density at radius 3 is 1.46 bits per heavy atom. The third-order valence-corrected chi connectivity index (χ3v) is 4.86. The van der Waals surface area contributed by atoms with Crippen molar-refractivity contribution in [2.75, 3.05) is 19.8 Å². The molecule has 3 aliphatic rings. The van der Waals surface area contributed by atoms with Crippen LogP contribution in [0.1, 0.15) is 73.6 Å². The number of hydrogen-bond donors (Lipinski definition) is 0. The third kappa shape index (κ3) is 10.5. The van der Waals surface area contributed by atoms with E-state index < -0.39 is 0 Å². The van der Waals surface area contributed by atoms with E-state index in [1.807, 2.05) is 0 Å². The fourth-order valence-electron chi connectivity index (χ4n) is 2.80. The van der Waals surface area contributed by atoms with E-state index in [0.717, 1.165) is 38.1 Å². The lowest BCUT2D eigenvalue weighted by Crippen LogP contribution is -2.21. The van der Waals surface area contributed by atoms with Gasteiger partial charge in [0, 0.05) is 13.2 Å². The number of ether oxygens (including phenoxy) is 3. The van der Waals surface area contributed by atoms with Crippen LogP contribution in [-0.2, 0) is 14.2 Å². The topological polar surface area (TPSA) is 27.7 Å². The fourth-order valence-corrected chi connectivity index (χ4v) is 2.80. The molecule has 3 heterocycles. The first kappa shape index (κ1) is 21.7. The summed E-state index contributed by atoms with van der Waals surface area (Å²) < 4.78 is 16.1. The van der Waals surface area contributed by atoms with Crippen LogP contribution < -0.4 is 0 Å². The van der Waals surface area contributed by atoms with Crippen LogP contribution in [0.3, 0.4) is 0 Å². The van der Waals surface area contributed by atoms with E-state index in [2.05, 4.69) is 47.6 Å². The van der Waals surface area contributed by atoms with Crippen LogP contribution in [0.25, 0.3) is 0 Å². The normalized spacial score (nSPS) is 36.4. The van der Waals surface area contributed by atoms with E-state index in [4.69, 9.17) is 14.2 Å². The summed E-state index contributed by atoms with van der Waals surface area (Å²) in [5.74, 6) is 1.59. The van der Waals surface area contributed by atoms with Gasteiger partial charge in [0.1, 0.15) is 0 Å². The van der Waals surface area contributed by atoms with Gasteiger partial charge in [-0.05, 0) is 71.6 Å². The highest BCUT2D eigenvalue weighted by atomic mass is 16.5. The second kappa shape index (κ2) is 12.1. The van der Waals surface area contributed by atoms with Gasteiger partial charge in [0.25, 0.3) is 0 Å². The van der Waals surface area contributed by atoms with Crippen molar-refractivity contribution in [3.63, 3.8) is 0 Å². The Kier molecular flexibility index (Phi) is 10.9. The van der Waals surface area contributed by atoms with E-state index in [0.29, 0.717) is 18.3 Å². The molecule has 5 unspecified atom stereocenters. The molecule has 3 nitrogen and oxygen atoms in total. The molecule has 2 fully saturated rings. The predicted octanol–water partition coefficient (Wildman–Crippen LogP) is 5.38. The van der Waals surface area contributed by atoms with Crippen LogP contribution in [0, 0.1) is 11.8 Å². The van der Waals surface area contributed by atoms with E-state index >= 15 is 0 Å². The molecule has 0 bridgehead atoms. The van der Waals surface area contributed by atoms with Crippen LogP contribution >= 0.6 is 0 Å². The van der Waals surface area contributed by atoms with Gasteiger partial charge < -0.3 is 14.2 Å². The van der Waals surface area contributed by atoms with Crippen LogP contribution in [0.15, 0.2) is 11.6 Å². The summed E-state index contributed by atoms with van der Waals surface area (Å²) in [6.07, 6.45) is 10.0. The van der Waals surface area contributed by atoms with Gasteiger partial charge in [-0.1, -0.05) is 25.5 Å². The summed E-state index contributed by atoms with van der Waals surface area (Å²) in [7, 11) is 0. The molecule has 0 N–H and O–H groups in total. The van der Waals surface area contributed by atoms with Crippen LogP contribution in [0.5, 0.6) is 0 Å². The maximum atomic E-state index is 5.39. The van der Waals surface area contributed by atoms with Crippen LogP contribution in [0.4, 0.5) is 0 Å².